The molecule has 0 aromatic rings. The molecule has 1 saturated carbocycles. The number of fused-ring (bicyclic) bond motifs is 1. The number of carbonyl (C=O) groups excluding carboxylic acids is 1. The molecule has 1 aliphatic carbocycles. The molecule has 0 amide bonds. The lowest BCUT2D eigenvalue weighted by Crippen LogP contribution is -2.45. The van der Waals surface area contributed by atoms with Gasteiger partial charge in [0.05, 0.1) is 18.8 Å². The molecule has 2 heterocycles. The molecule has 4 unspecified atom stereocenters. The Hall–Kier alpha value is -0.290. The van der Waals surface area contributed by atoms with Crippen LogP contribution in [0.2, 0.25) is 0 Å². The van der Waals surface area contributed by atoms with Crippen molar-refractivity contribution in [2.24, 2.45) is 11.8 Å². The van der Waals surface area contributed by atoms with Gasteiger partial charge in [0.1, 0.15) is 6.10 Å². The van der Waals surface area contributed by atoms with Gasteiger partial charge in [0.2, 0.25) is 0 Å². The Morgan fingerprint density at radius 2 is 2.22 bits per heavy atom. The van der Waals surface area contributed by atoms with Crippen molar-refractivity contribution in [2.75, 3.05) is 6.61 Å². The molecule has 0 spiro atoms. The van der Waals surface area contributed by atoms with E-state index in [1.54, 1.807) is 0 Å². The molecule has 0 aromatic carbocycles. The lowest BCUT2D eigenvalue weighted by Gasteiger charge is -2.37. The number of hydrogen-bond donors (Lipinski definition) is 0. The summed E-state index contributed by atoms with van der Waals surface area (Å²) in [6.45, 7) is 2.62. The largest absolute Gasteiger partial charge is 0.508 e. The second-order valence-corrected chi connectivity index (χ2v) is 6.68. The van der Waals surface area contributed by atoms with Crippen LogP contribution in [0.4, 0.5) is 4.79 Å². The molecule has 2 saturated heterocycles. The van der Waals surface area contributed by atoms with Crippen molar-refractivity contribution in [1.29, 1.82) is 0 Å². The van der Waals surface area contributed by atoms with E-state index in [1.807, 2.05) is 0 Å². The first-order valence-electron chi connectivity index (χ1n) is 6.82. The Balaban J connectivity index is 1.64. The Morgan fingerprint density at radius 3 is 2.94 bits per heavy atom. The summed E-state index contributed by atoms with van der Waals surface area (Å²) < 4.78 is 16.3. The molecule has 3 aliphatic rings. The molecular weight excluding hydrogens is 300 g/mol. The van der Waals surface area contributed by atoms with Gasteiger partial charge in [-0.1, -0.05) is 22.9 Å². The van der Waals surface area contributed by atoms with Crippen LogP contribution in [-0.4, -0.2) is 35.9 Å². The predicted octanol–water partition coefficient (Wildman–Crippen LogP) is 2.88. The number of ether oxygens (including phenoxy) is 3. The van der Waals surface area contributed by atoms with Crippen molar-refractivity contribution in [3.8, 4) is 0 Å². The topological polar surface area (TPSA) is 44.8 Å². The van der Waals surface area contributed by atoms with E-state index in [9.17, 15) is 4.79 Å². The van der Waals surface area contributed by atoms with Crippen LogP contribution in [0.3, 0.4) is 0 Å². The summed E-state index contributed by atoms with van der Waals surface area (Å²) in [5.74, 6) is 1.48. The van der Waals surface area contributed by atoms with Crippen LogP contribution in [0, 0.1) is 11.8 Å². The van der Waals surface area contributed by atoms with Gasteiger partial charge in [-0.3, -0.25) is 0 Å². The van der Waals surface area contributed by atoms with E-state index in [2.05, 4.69) is 22.9 Å². The van der Waals surface area contributed by atoms with Gasteiger partial charge >= 0.3 is 6.16 Å². The summed E-state index contributed by atoms with van der Waals surface area (Å²) in [5.41, 5.74) is 0. The summed E-state index contributed by atoms with van der Waals surface area (Å²) in [6, 6.07) is 0. The summed E-state index contributed by atoms with van der Waals surface area (Å²) in [7, 11) is 0. The molecule has 18 heavy (non-hydrogen) atoms. The summed E-state index contributed by atoms with van der Waals surface area (Å²) in [4.78, 5) is 11.6. The molecule has 3 rings (SSSR count). The molecule has 102 valence electrons. The third-order valence-electron chi connectivity index (χ3n) is 4.30. The zero-order chi connectivity index (χ0) is 12.7. The Labute approximate surface area is 115 Å². The highest BCUT2D eigenvalue weighted by atomic mass is 79.9. The van der Waals surface area contributed by atoms with Crippen molar-refractivity contribution in [1.82, 2.24) is 0 Å². The summed E-state index contributed by atoms with van der Waals surface area (Å²) >= 11 is 3.71. The molecule has 0 bridgehead atoms. The third-order valence-corrected chi connectivity index (χ3v) is 5.47. The van der Waals surface area contributed by atoms with E-state index in [4.69, 9.17) is 14.2 Å². The van der Waals surface area contributed by atoms with Crippen LogP contribution in [0.5, 0.6) is 0 Å². The maximum Gasteiger partial charge on any atom is 0.508 e. The average Bonchev–Trinajstić information content (AvgIpc) is 3.15. The van der Waals surface area contributed by atoms with Crippen molar-refractivity contribution in [3.05, 3.63) is 0 Å². The first-order valence-corrected chi connectivity index (χ1v) is 7.73. The van der Waals surface area contributed by atoms with E-state index in [0.717, 1.165) is 25.2 Å². The fraction of sp³-hybridized carbons (Fsp3) is 0.923. The van der Waals surface area contributed by atoms with Gasteiger partial charge in [0, 0.05) is 11.2 Å². The number of halogens is 1. The van der Waals surface area contributed by atoms with Gasteiger partial charge in [-0.15, -0.1) is 0 Å². The normalized spacial score (nSPS) is 44.6. The van der Waals surface area contributed by atoms with Crippen LogP contribution in [0.25, 0.3) is 0 Å². The first-order chi connectivity index (χ1) is 8.69. The van der Waals surface area contributed by atoms with Crippen LogP contribution in [-0.2, 0) is 14.2 Å². The smallest absolute Gasteiger partial charge is 0.434 e. The predicted molar refractivity (Wildman–Crippen MR) is 68.7 cm³/mol. The first kappa shape index (κ1) is 12.7. The number of rotatable bonds is 3. The highest BCUT2D eigenvalue weighted by Crippen LogP contribution is 2.52. The van der Waals surface area contributed by atoms with Crippen LogP contribution < -0.4 is 0 Å². The van der Waals surface area contributed by atoms with E-state index in [1.165, 1.54) is 6.42 Å². The zero-order valence-electron chi connectivity index (χ0n) is 10.5. The Bertz CT molecular complexity index is 333. The van der Waals surface area contributed by atoms with E-state index in [0.29, 0.717) is 17.4 Å². The SMILES string of the molecule is CCC(Br)C1O[C@@H]([C@H]2CCOC(=O)O2)CC2CC21. The molecule has 6 atom stereocenters. The minimum absolute atomic E-state index is 0.0539. The summed E-state index contributed by atoms with van der Waals surface area (Å²) in [5, 5.41) is 0. The van der Waals surface area contributed by atoms with Gasteiger partial charge in [-0.2, -0.15) is 0 Å². The van der Waals surface area contributed by atoms with Gasteiger partial charge in [-0.05, 0) is 31.1 Å². The molecule has 0 aromatic heterocycles. The van der Waals surface area contributed by atoms with E-state index < -0.39 is 6.16 Å². The number of carbonyl (C=O) groups is 1. The van der Waals surface area contributed by atoms with Crippen molar-refractivity contribution < 1.29 is 19.0 Å². The van der Waals surface area contributed by atoms with Crippen LogP contribution >= 0.6 is 15.9 Å². The second kappa shape index (κ2) is 5.00. The Morgan fingerprint density at radius 1 is 1.39 bits per heavy atom. The van der Waals surface area contributed by atoms with Gasteiger partial charge < -0.3 is 14.2 Å². The summed E-state index contributed by atoms with van der Waals surface area (Å²) in [6.07, 6.45) is 3.78. The molecule has 4 nitrogen and oxygen atoms in total. The highest BCUT2D eigenvalue weighted by molar-refractivity contribution is 9.09. The maximum atomic E-state index is 11.2. The average molecular weight is 319 g/mol. The standard InChI is InChI=1S/C13H19BrO4/c1-2-9(14)12-8-5-7(8)6-11(17-12)10-3-4-16-13(15)18-10/h7-12H,2-6H2,1H3/t7?,8?,9?,10-,11-,12?/m1/s1. The van der Waals surface area contributed by atoms with Crippen LogP contribution in [0.1, 0.15) is 32.6 Å². The number of alkyl halides is 1. The fourth-order valence-electron chi connectivity index (χ4n) is 3.16. The quantitative estimate of drug-likeness (QED) is 0.593. The molecular formula is C13H19BrO4. The van der Waals surface area contributed by atoms with Crippen LogP contribution in [0.15, 0.2) is 0 Å². The maximum absolute atomic E-state index is 11.2. The minimum Gasteiger partial charge on any atom is -0.434 e. The fourth-order valence-corrected chi connectivity index (χ4v) is 3.68. The lowest BCUT2D eigenvalue weighted by molar-refractivity contribution is -0.137. The molecule has 0 radical (unpaired) electrons. The number of hydrogen-bond acceptors (Lipinski definition) is 4. The van der Waals surface area contributed by atoms with Gasteiger partial charge in [0.15, 0.2) is 0 Å². The van der Waals surface area contributed by atoms with Gasteiger partial charge in [0.25, 0.3) is 0 Å². The van der Waals surface area contributed by atoms with Crippen molar-refractivity contribution >= 4 is 22.1 Å². The second-order valence-electron chi connectivity index (χ2n) is 5.50. The van der Waals surface area contributed by atoms with Gasteiger partial charge in [-0.25, -0.2) is 4.79 Å². The van der Waals surface area contributed by atoms with E-state index >= 15 is 0 Å². The molecule has 3 fully saturated rings. The minimum atomic E-state index is -0.546. The molecule has 2 aliphatic heterocycles. The lowest BCUT2D eigenvalue weighted by atomic mass is 9.96. The zero-order valence-corrected chi connectivity index (χ0v) is 12.1. The number of cyclic esters (lactones) is 2. The molecule has 0 N–H and O–H groups in total. The van der Waals surface area contributed by atoms with Crippen molar-refractivity contribution in [3.63, 3.8) is 0 Å². The highest BCUT2D eigenvalue weighted by Gasteiger charge is 2.53. The van der Waals surface area contributed by atoms with Crippen molar-refractivity contribution in [2.45, 2.75) is 55.7 Å². The monoisotopic (exact) mass is 318 g/mol. The Kier molecular flexibility index (Phi) is 3.54. The van der Waals surface area contributed by atoms with E-state index in [-0.39, 0.29) is 18.3 Å². The third kappa shape index (κ3) is 2.39. The molecule has 5 heteroatoms.